The summed E-state index contributed by atoms with van der Waals surface area (Å²) in [5.74, 6) is -0.647. The van der Waals surface area contributed by atoms with Crippen molar-refractivity contribution in [2.75, 3.05) is 0 Å². The largest absolute Gasteiger partial charge is 0.478 e. The summed E-state index contributed by atoms with van der Waals surface area (Å²) in [5.41, 5.74) is 3.32. The Labute approximate surface area is 152 Å². The number of rotatable bonds is 5. The first-order chi connectivity index (χ1) is 12.5. The molecule has 3 rings (SSSR count). The molecule has 2 heterocycles. The molecule has 0 aliphatic rings. The molecule has 0 spiro atoms. The van der Waals surface area contributed by atoms with E-state index in [1.165, 1.54) is 30.6 Å². The number of carboxylic acid groups (broad SMARTS) is 1. The maximum atomic E-state index is 11.9. The highest BCUT2D eigenvalue weighted by Gasteiger charge is 2.10. The lowest BCUT2D eigenvalue weighted by Gasteiger charge is -2.00. The van der Waals surface area contributed by atoms with Gasteiger partial charge in [-0.25, -0.2) is 15.2 Å². The van der Waals surface area contributed by atoms with Crippen molar-refractivity contribution in [1.82, 2.24) is 10.4 Å². The zero-order valence-corrected chi connectivity index (χ0v) is 14.0. The number of benzene rings is 1. The quantitative estimate of drug-likeness (QED) is 0.407. The van der Waals surface area contributed by atoms with Gasteiger partial charge in [-0.1, -0.05) is 23.7 Å². The van der Waals surface area contributed by atoms with E-state index in [1.807, 2.05) is 0 Å². The number of carboxylic acids is 1. The van der Waals surface area contributed by atoms with Crippen LogP contribution in [-0.4, -0.2) is 28.2 Å². The average Bonchev–Trinajstić information content (AvgIpc) is 3.11. The number of amides is 1. The van der Waals surface area contributed by atoms with Crippen molar-refractivity contribution in [3.05, 3.63) is 76.8 Å². The fourth-order valence-corrected chi connectivity index (χ4v) is 2.36. The molecule has 0 atom stereocenters. The molecule has 0 aliphatic heterocycles. The molecule has 0 unspecified atom stereocenters. The zero-order valence-electron chi connectivity index (χ0n) is 13.2. The summed E-state index contributed by atoms with van der Waals surface area (Å²) in [6.45, 7) is 0. The predicted molar refractivity (Wildman–Crippen MR) is 95.4 cm³/mol. The van der Waals surface area contributed by atoms with Crippen LogP contribution in [0.3, 0.4) is 0 Å². The molecule has 0 radical (unpaired) electrons. The molecule has 0 saturated carbocycles. The lowest BCUT2D eigenvalue weighted by molar-refractivity contribution is 0.0696. The topological polar surface area (TPSA) is 105 Å². The van der Waals surface area contributed by atoms with Crippen molar-refractivity contribution in [3.63, 3.8) is 0 Å². The van der Waals surface area contributed by atoms with Crippen molar-refractivity contribution in [2.24, 2.45) is 5.10 Å². The van der Waals surface area contributed by atoms with Gasteiger partial charge in [0.2, 0.25) is 0 Å². The molecular formula is C18H12ClN3O4. The highest BCUT2D eigenvalue weighted by atomic mass is 35.5. The van der Waals surface area contributed by atoms with Crippen LogP contribution in [0.4, 0.5) is 0 Å². The first-order valence-corrected chi connectivity index (χ1v) is 7.80. The molecule has 26 heavy (non-hydrogen) atoms. The monoisotopic (exact) mass is 369 g/mol. The molecular weight excluding hydrogens is 358 g/mol. The Morgan fingerprint density at radius 1 is 1.19 bits per heavy atom. The summed E-state index contributed by atoms with van der Waals surface area (Å²) in [6.07, 6.45) is 2.80. The van der Waals surface area contributed by atoms with E-state index < -0.39 is 11.9 Å². The van der Waals surface area contributed by atoms with E-state index in [2.05, 4.69) is 15.5 Å². The Morgan fingerprint density at radius 2 is 2.04 bits per heavy atom. The molecule has 3 aromatic rings. The van der Waals surface area contributed by atoms with Gasteiger partial charge in [-0.15, -0.1) is 0 Å². The maximum Gasteiger partial charge on any atom is 0.335 e. The minimum Gasteiger partial charge on any atom is -0.478 e. The van der Waals surface area contributed by atoms with Crippen LogP contribution in [-0.2, 0) is 0 Å². The predicted octanol–water partition coefficient (Wildman–Crippen LogP) is 3.46. The van der Waals surface area contributed by atoms with E-state index in [1.54, 1.807) is 30.3 Å². The molecule has 0 bridgehead atoms. The Balaban J connectivity index is 1.70. The summed E-state index contributed by atoms with van der Waals surface area (Å²) in [7, 11) is 0. The number of hydrogen-bond acceptors (Lipinski definition) is 5. The number of carbonyl (C=O) groups is 2. The molecule has 7 nitrogen and oxygen atoms in total. The summed E-state index contributed by atoms with van der Waals surface area (Å²) in [5, 5.41) is 12.9. The van der Waals surface area contributed by atoms with Gasteiger partial charge >= 0.3 is 5.97 Å². The third-order valence-electron chi connectivity index (χ3n) is 3.38. The standard InChI is InChI=1S/C18H12ClN3O4/c19-16-14(5-2-8-20-16)17(23)22-21-10-13-6-7-15(26-13)11-3-1-4-12(9-11)18(24)25/h1-10H,(H,22,23)(H,24,25). The van der Waals surface area contributed by atoms with Crippen LogP contribution in [0, 0.1) is 0 Å². The maximum absolute atomic E-state index is 11.9. The first kappa shape index (κ1) is 17.4. The fourth-order valence-electron chi connectivity index (χ4n) is 2.15. The molecule has 2 aromatic heterocycles. The number of aromatic nitrogens is 1. The smallest absolute Gasteiger partial charge is 0.335 e. The van der Waals surface area contributed by atoms with Gasteiger partial charge in [0.05, 0.1) is 17.3 Å². The summed E-state index contributed by atoms with van der Waals surface area (Å²) >= 11 is 5.84. The van der Waals surface area contributed by atoms with Gasteiger partial charge < -0.3 is 9.52 Å². The summed E-state index contributed by atoms with van der Waals surface area (Å²) < 4.78 is 5.58. The number of pyridine rings is 1. The zero-order chi connectivity index (χ0) is 18.5. The third kappa shape index (κ3) is 3.96. The molecule has 2 N–H and O–H groups in total. The lowest BCUT2D eigenvalue weighted by atomic mass is 10.1. The van der Waals surface area contributed by atoms with Crippen molar-refractivity contribution < 1.29 is 19.1 Å². The number of halogens is 1. The number of furan rings is 1. The summed E-state index contributed by atoms with van der Waals surface area (Å²) in [4.78, 5) is 26.8. The van der Waals surface area contributed by atoms with Crippen LogP contribution in [0.2, 0.25) is 5.15 Å². The van der Waals surface area contributed by atoms with Crippen LogP contribution in [0.25, 0.3) is 11.3 Å². The molecule has 1 amide bonds. The van der Waals surface area contributed by atoms with Gasteiger partial charge in [-0.05, 0) is 36.4 Å². The number of nitrogens with one attached hydrogen (secondary N) is 1. The third-order valence-corrected chi connectivity index (χ3v) is 3.68. The van der Waals surface area contributed by atoms with Gasteiger partial charge in [0.25, 0.3) is 5.91 Å². The second kappa shape index (κ2) is 7.62. The highest BCUT2D eigenvalue weighted by molar-refractivity contribution is 6.32. The van der Waals surface area contributed by atoms with Crippen LogP contribution < -0.4 is 5.43 Å². The van der Waals surface area contributed by atoms with Crippen molar-refractivity contribution in [3.8, 4) is 11.3 Å². The molecule has 0 saturated heterocycles. The lowest BCUT2D eigenvalue weighted by Crippen LogP contribution is -2.18. The van der Waals surface area contributed by atoms with Gasteiger partial charge in [0, 0.05) is 11.8 Å². The van der Waals surface area contributed by atoms with Gasteiger partial charge in [0.1, 0.15) is 16.7 Å². The summed E-state index contributed by atoms with van der Waals surface area (Å²) in [6, 6.07) is 12.8. The Kier molecular flexibility index (Phi) is 5.09. The Morgan fingerprint density at radius 3 is 2.81 bits per heavy atom. The van der Waals surface area contributed by atoms with Crippen LogP contribution in [0.5, 0.6) is 0 Å². The Bertz CT molecular complexity index is 997. The number of hydrogen-bond donors (Lipinski definition) is 2. The minimum absolute atomic E-state index is 0.0822. The van der Waals surface area contributed by atoms with Crippen molar-refractivity contribution >= 4 is 29.7 Å². The van der Waals surface area contributed by atoms with Gasteiger partial charge in [-0.3, -0.25) is 4.79 Å². The Hall–Kier alpha value is -3.45. The van der Waals surface area contributed by atoms with E-state index in [0.717, 1.165) is 0 Å². The molecule has 0 aliphatic carbocycles. The van der Waals surface area contributed by atoms with Crippen LogP contribution in [0.1, 0.15) is 26.5 Å². The van der Waals surface area contributed by atoms with Crippen molar-refractivity contribution in [2.45, 2.75) is 0 Å². The van der Waals surface area contributed by atoms with E-state index in [0.29, 0.717) is 17.1 Å². The normalized spacial score (nSPS) is 10.8. The molecule has 1 aromatic carbocycles. The number of hydrazone groups is 1. The molecule has 8 heteroatoms. The van der Waals surface area contributed by atoms with Crippen LogP contribution >= 0.6 is 11.6 Å². The SMILES string of the molecule is O=C(O)c1cccc(-c2ccc(C=NNC(=O)c3cccnc3Cl)o2)c1. The van der Waals surface area contributed by atoms with E-state index in [-0.39, 0.29) is 16.3 Å². The van der Waals surface area contributed by atoms with Crippen LogP contribution in [0.15, 0.2) is 64.2 Å². The molecule has 0 fully saturated rings. The van der Waals surface area contributed by atoms with E-state index in [4.69, 9.17) is 21.1 Å². The number of nitrogens with zero attached hydrogens (tertiary/aromatic N) is 2. The highest BCUT2D eigenvalue weighted by Crippen LogP contribution is 2.22. The first-order valence-electron chi connectivity index (χ1n) is 7.42. The second-order valence-electron chi connectivity index (χ2n) is 5.13. The van der Waals surface area contributed by atoms with Gasteiger partial charge in [-0.2, -0.15) is 5.10 Å². The van der Waals surface area contributed by atoms with Gasteiger partial charge in [0.15, 0.2) is 0 Å². The van der Waals surface area contributed by atoms with Crippen molar-refractivity contribution in [1.29, 1.82) is 0 Å². The number of carbonyl (C=O) groups excluding carboxylic acids is 1. The number of aromatic carboxylic acids is 1. The molecule has 130 valence electrons. The fraction of sp³-hybridized carbons (Fsp3) is 0. The van der Waals surface area contributed by atoms with E-state index >= 15 is 0 Å². The minimum atomic E-state index is -1.02. The second-order valence-corrected chi connectivity index (χ2v) is 5.49. The van der Waals surface area contributed by atoms with E-state index in [9.17, 15) is 9.59 Å². The average molecular weight is 370 g/mol.